The van der Waals surface area contributed by atoms with Crippen LogP contribution in [0.1, 0.15) is 12.0 Å². The van der Waals surface area contributed by atoms with Gasteiger partial charge < -0.3 is 9.84 Å². The zero-order valence-electron chi connectivity index (χ0n) is 13.3. The molecule has 1 heterocycles. The summed E-state index contributed by atoms with van der Waals surface area (Å²) in [5.74, 6) is -0.276. The van der Waals surface area contributed by atoms with Crippen molar-refractivity contribution in [1.29, 1.82) is 0 Å². The van der Waals surface area contributed by atoms with Crippen LogP contribution in [0.15, 0.2) is 54.6 Å². The van der Waals surface area contributed by atoms with Crippen LogP contribution < -0.4 is 4.74 Å². The fourth-order valence-electron chi connectivity index (χ4n) is 2.70. The molecule has 0 fully saturated rings. The second-order valence-electron chi connectivity index (χ2n) is 5.59. The molecule has 2 aromatic carbocycles. The topological polar surface area (TPSA) is 42.4 Å². The van der Waals surface area contributed by atoms with Crippen molar-refractivity contribution in [2.75, 3.05) is 6.61 Å². The number of aryl methyl sites for hydroxylation is 1. The van der Waals surface area contributed by atoms with E-state index in [1.54, 1.807) is 0 Å². The number of rotatable bonds is 5. The van der Waals surface area contributed by atoms with E-state index in [1.807, 2.05) is 36.4 Å². The van der Waals surface area contributed by atoms with Gasteiger partial charge in [0.2, 0.25) is 0 Å². The first-order valence-corrected chi connectivity index (χ1v) is 7.82. The maximum absolute atomic E-state index is 12.4. The molecule has 0 radical (unpaired) electrons. The highest BCUT2D eigenvalue weighted by molar-refractivity contribution is 5.84. The van der Waals surface area contributed by atoms with Crippen LogP contribution in [0.3, 0.4) is 0 Å². The van der Waals surface area contributed by atoms with Gasteiger partial charge in [-0.25, -0.2) is 4.98 Å². The molecular weight excluding hydrogens is 331 g/mol. The summed E-state index contributed by atoms with van der Waals surface area (Å²) in [6, 6.07) is 15.5. The number of hydrogen-bond donors (Lipinski definition) is 1. The number of aliphatic hydroxyl groups excluding tert-OH is 1. The number of hydrogen-bond acceptors (Lipinski definition) is 3. The molecule has 1 aromatic heterocycles. The average Bonchev–Trinajstić information content (AvgIpc) is 2.58. The number of fused-ring (bicyclic) bond motifs is 1. The quantitative estimate of drug-likeness (QED) is 0.726. The van der Waals surface area contributed by atoms with E-state index in [1.165, 1.54) is 18.2 Å². The first-order valence-electron chi connectivity index (χ1n) is 7.82. The number of aromatic nitrogens is 1. The van der Waals surface area contributed by atoms with Gasteiger partial charge in [0.15, 0.2) is 0 Å². The summed E-state index contributed by atoms with van der Waals surface area (Å²) in [5, 5.41) is 9.67. The summed E-state index contributed by atoms with van der Waals surface area (Å²) >= 11 is 0. The molecule has 0 saturated carbocycles. The Morgan fingerprint density at radius 1 is 1.00 bits per heavy atom. The van der Waals surface area contributed by atoms with Crippen molar-refractivity contribution < 1.29 is 23.0 Å². The van der Waals surface area contributed by atoms with Gasteiger partial charge in [-0.3, -0.25) is 0 Å². The summed E-state index contributed by atoms with van der Waals surface area (Å²) in [6.07, 6.45) is -3.61. The van der Waals surface area contributed by atoms with Crippen molar-refractivity contribution in [3.05, 3.63) is 60.2 Å². The molecule has 1 N–H and O–H groups in total. The first kappa shape index (κ1) is 17.2. The molecule has 0 bridgehead atoms. The molecule has 0 unspecified atom stereocenters. The molecule has 0 aliphatic rings. The fraction of sp³-hybridized carbons (Fsp3) is 0.211. The molecule has 130 valence electrons. The Kier molecular flexibility index (Phi) is 4.90. The number of benzene rings is 2. The third-order valence-corrected chi connectivity index (χ3v) is 3.75. The number of aliphatic hydroxyl groups is 1. The van der Waals surface area contributed by atoms with Crippen molar-refractivity contribution in [1.82, 2.24) is 4.98 Å². The van der Waals surface area contributed by atoms with E-state index in [2.05, 4.69) is 9.72 Å². The molecule has 0 aliphatic carbocycles. The monoisotopic (exact) mass is 347 g/mol. The second kappa shape index (κ2) is 7.11. The molecule has 0 saturated heterocycles. The highest BCUT2D eigenvalue weighted by Gasteiger charge is 2.31. The number of halogens is 3. The van der Waals surface area contributed by atoms with Crippen LogP contribution in [0.2, 0.25) is 0 Å². The Labute approximate surface area is 142 Å². The van der Waals surface area contributed by atoms with E-state index < -0.39 is 6.36 Å². The molecule has 6 heteroatoms. The minimum absolute atomic E-state index is 0.0312. The Morgan fingerprint density at radius 3 is 2.44 bits per heavy atom. The average molecular weight is 347 g/mol. The predicted molar refractivity (Wildman–Crippen MR) is 89.3 cm³/mol. The number of pyridine rings is 1. The van der Waals surface area contributed by atoms with Crippen LogP contribution >= 0.6 is 0 Å². The SMILES string of the molecule is OCCCc1cc2cc(OC(F)(F)F)ccc2nc1-c1ccccc1. The van der Waals surface area contributed by atoms with Crippen LogP contribution in [-0.2, 0) is 6.42 Å². The molecule has 3 aromatic rings. The third kappa shape index (κ3) is 4.28. The van der Waals surface area contributed by atoms with Gasteiger partial charge in [-0.05, 0) is 42.7 Å². The van der Waals surface area contributed by atoms with Gasteiger partial charge in [0.1, 0.15) is 5.75 Å². The van der Waals surface area contributed by atoms with Gasteiger partial charge in [0.05, 0.1) is 11.2 Å². The number of alkyl halides is 3. The van der Waals surface area contributed by atoms with Crippen LogP contribution in [0, 0.1) is 0 Å². The Bertz CT molecular complexity index is 864. The van der Waals surface area contributed by atoms with Crippen LogP contribution in [0.25, 0.3) is 22.2 Å². The van der Waals surface area contributed by atoms with E-state index in [-0.39, 0.29) is 12.4 Å². The van der Waals surface area contributed by atoms with Gasteiger partial charge in [0.25, 0.3) is 0 Å². The number of ether oxygens (including phenoxy) is 1. The summed E-state index contributed by atoms with van der Waals surface area (Å²) < 4.78 is 41.2. The summed E-state index contributed by atoms with van der Waals surface area (Å²) in [7, 11) is 0. The van der Waals surface area contributed by atoms with Gasteiger partial charge in [-0.15, -0.1) is 13.2 Å². The lowest BCUT2D eigenvalue weighted by Crippen LogP contribution is -2.17. The van der Waals surface area contributed by atoms with Crippen LogP contribution in [0.5, 0.6) is 5.75 Å². The molecule has 25 heavy (non-hydrogen) atoms. The smallest absolute Gasteiger partial charge is 0.406 e. The van der Waals surface area contributed by atoms with Crippen molar-refractivity contribution in [2.45, 2.75) is 19.2 Å². The van der Waals surface area contributed by atoms with Crippen molar-refractivity contribution in [2.24, 2.45) is 0 Å². The maximum Gasteiger partial charge on any atom is 0.573 e. The van der Waals surface area contributed by atoms with E-state index >= 15 is 0 Å². The normalized spacial score (nSPS) is 11.7. The number of nitrogens with zero attached hydrogens (tertiary/aromatic N) is 1. The second-order valence-corrected chi connectivity index (χ2v) is 5.59. The lowest BCUT2D eigenvalue weighted by atomic mass is 10.00. The molecule has 3 rings (SSSR count). The zero-order chi connectivity index (χ0) is 17.9. The van der Waals surface area contributed by atoms with Gasteiger partial charge >= 0.3 is 6.36 Å². The Balaban J connectivity index is 2.08. The van der Waals surface area contributed by atoms with Crippen molar-refractivity contribution >= 4 is 10.9 Å². The van der Waals surface area contributed by atoms with Gasteiger partial charge in [-0.2, -0.15) is 0 Å². The highest BCUT2D eigenvalue weighted by atomic mass is 19.4. The summed E-state index contributed by atoms with van der Waals surface area (Å²) in [4.78, 5) is 4.62. The first-order chi connectivity index (χ1) is 12.0. The molecule has 0 aliphatic heterocycles. The zero-order valence-corrected chi connectivity index (χ0v) is 13.3. The summed E-state index contributed by atoms with van der Waals surface area (Å²) in [6.45, 7) is 0.0312. The maximum atomic E-state index is 12.4. The lowest BCUT2D eigenvalue weighted by Gasteiger charge is -2.13. The molecule has 0 spiro atoms. The predicted octanol–water partition coefficient (Wildman–Crippen LogP) is 4.73. The van der Waals surface area contributed by atoms with Crippen LogP contribution in [-0.4, -0.2) is 23.1 Å². The van der Waals surface area contributed by atoms with E-state index in [0.717, 1.165) is 16.8 Å². The van der Waals surface area contributed by atoms with Crippen LogP contribution in [0.4, 0.5) is 13.2 Å². The summed E-state index contributed by atoms with van der Waals surface area (Å²) in [5.41, 5.74) is 3.15. The molecule has 3 nitrogen and oxygen atoms in total. The minimum Gasteiger partial charge on any atom is -0.406 e. The largest absolute Gasteiger partial charge is 0.573 e. The molecular formula is C19H16F3NO2. The lowest BCUT2D eigenvalue weighted by molar-refractivity contribution is -0.274. The van der Waals surface area contributed by atoms with Gasteiger partial charge in [-0.1, -0.05) is 30.3 Å². The van der Waals surface area contributed by atoms with Crippen molar-refractivity contribution in [3.8, 4) is 17.0 Å². The molecule has 0 atom stereocenters. The highest BCUT2D eigenvalue weighted by Crippen LogP contribution is 2.30. The Morgan fingerprint density at radius 2 is 1.76 bits per heavy atom. The third-order valence-electron chi connectivity index (χ3n) is 3.75. The van der Waals surface area contributed by atoms with E-state index in [9.17, 15) is 13.2 Å². The van der Waals surface area contributed by atoms with Gasteiger partial charge in [0, 0.05) is 17.6 Å². The fourth-order valence-corrected chi connectivity index (χ4v) is 2.70. The van der Waals surface area contributed by atoms with E-state index in [4.69, 9.17) is 5.11 Å². The van der Waals surface area contributed by atoms with Crippen molar-refractivity contribution in [3.63, 3.8) is 0 Å². The molecule has 0 amide bonds. The van der Waals surface area contributed by atoms with E-state index in [0.29, 0.717) is 23.7 Å². The standard InChI is InChI=1S/C19H16F3NO2/c20-19(21,22)25-16-8-9-17-15(12-16)11-14(7-4-10-24)18(23-17)13-5-2-1-3-6-13/h1-3,5-6,8-9,11-12,24H,4,7,10H2. The Hall–Kier alpha value is -2.60. The minimum atomic E-state index is -4.73.